The molecule has 0 saturated carbocycles. The maximum absolute atomic E-state index is 11.7. The second-order valence-corrected chi connectivity index (χ2v) is 4.75. The van der Waals surface area contributed by atoms with Gasteiger partial charge in [-0.15, -0.1) is 0 Å². The van der Waals surface area contributed by atoms with Crippen molar-refractivity contribution in [1.29, 1.82) is 0 Å². The fourth-order valence-electron chi connectivity index (χ4n) is 1.58. The van der Waals surface area contributed by atoms with Gasteiger partial charge in [0.15, 0.2) is 6.61 Å². The Morgan fingerprint density at radius 2 is 2.20 bits per heavy atom. The number of rotatable bonds is 4. The van der Waals surface area contributed by atoms with Crippen molar-refractivity contribution in [3.05, 3.63) is 28.2 Å². The Labute approximate surface area is 122 Å². The van der Waals surface area contributed by atoms with Gasteiger partial charge in [-0.05, 0) is 34.1 Å². The van der Waals surface area contributed by atoms with E-state index >= 15 is 0 Å². The van der Waals surface area contributed by atoms with Gasteiger partial charge in [0.25, 0.3) is 5.91 Å². The number of carboxylic acids is 1. The molecule has 0 aromatic heterocycles. The zero-order valence-corrected chi connectivity index (χ0v) is 11.8. The number of aromatic carboxylic acids is 1. The Morgan fingerprint density at radius 3 is 2.80 bits per heavy atom. The summed E-state index contributed by atoms with van der Waals surface area (Å²) in [6.07, 6.45) is -0.697. The number of cyclic esters (lactones) is 1. The van der Waals surface area contributed by atoms with Crippen LogP contribution in [0, 0.1) is 0 Å². The second-order valence-electron chi connectivity index (χ2n) is 3.90. The van der Waals surface area contributed by atoms with E-state index in [9.17, 15) is 14.4 Å². The first-order valence-electron chi connectivity index (χ1n) is 5.62. The van der Waals surface area contributed by atoms with Crippen LogP contribution in [-0.2, 0) is 9.53 Å². The Hall–Kier alpha value is -2.09. The predicted molar refractivity (Wildman–Crippen MR) is 69.7 cm³/mol. The SMILES string of the molecule is O=C(O)c1ccc(Br)c(OCC(=O)N2CCOC2=O)c1. The van der Waals surface area contributed by atoms with Gasteiger partial charge >= 0.3 is 12.1 Å². The van der Waals surface area contributed by atoms with E-state index in [1.165, 1.54) is 18.2 Å². The lowest BCUT2D eigenvalue weighted by Crippen LogP contribution is -2.35. The molecule has 7 nitrogen and oxygen atoms in total. The minimum absolute atomic E-state index is 0.0382. The van der Waals surface area contributed by atoms with Gasteiger partial charge in [0.1, 0.15) is 12.4 Å². The van der Waals surface area contributed by atoms with Crippen molar-refractivity contribution in [2.75, 3.05) is 19.8 Å². The summed E-state index contributed by atoms with van der Waals surface area (Å²) in [6.45, 7) is -0.0170. The van der Waals surface area contributed by atoms with Crippen molar-refractivity contribution in [2.45, 2.75) is 0 Å². The number of hydrogen-bond acceptors (Lipinski definition) is 5. The summed E-state index contributed by atoms with van der Waals surface area (Å²) in [5, 5.41) is 8.88. The van der Waals surface area contributed by atoms with Crippen LogP contribution in [0.3, 0.4) is 0 Å². The van der Waals surface area contributed by atoms with Gasteiger partial charge in [0.2, 0.25) is 0 Å². The smallest absolute Gasteiger partial charge is 0.416 e. The Bertz CT molecular complexity index is 573. The Morgan fingerprint density at radius 1 is 1.45 bits per heavy atom. The van der Waals surface area contributed by atoms with Crippen LogP contribution in [0.4, 0.5) is 4.79 Å². The van der Waals surface area contributed by atoms with E-state index in [0.717, 1.165) is 4.90 Å². The molecule has 0 radical (unpaired) electrons. The fraction of sp³-hybridized carbons (Fsp3) is 0.250. The minimum Gasteiger partial charge on any atom is -0.483 e. The van der Waals surface area contributed by atoms with Crippen LogP contribution in [0.2, 0.25) is 0 Å². The molecule has 1 aliphatic heterocycles. The van der Waals surface area contributed by atoms with E-state index in [1.807, 2.05) is 0 Å². The molecule has 1 saturated heterocycles. The van der Waals surface area contributed by atoms with Gasteiger partial charge < -0.3 is 14.6 Å². The van der Waals surface area contributed by atoms with Gasteiger partial charge in [-0.1, -0.05) is 0 Å². The molecule has 20 heavy (non-hydrogen) atoms. The molecule has 0 spiro atoms. The molecule has 0 unspecified atom stereocenters. The van der Waals surface area contributed by atoms with Gasteiger partial charge in [-0.2, -0.15) is 0 Å². The molecule has 2 rings (SSSR count). The van der Waals surface area contributed by atoms with Gasteiger partial charge in [0.05, 0.1) is 16.6 Å². The number of carbonyl (C=O) groups is 3. The zero-order valence-electron chi connectivity index (χ0n) is 10.2. The van der Waals surface area contributed by atoms with Crippen LogP contribution in [0.15, 0.2) is 22.7 Å². The zero-order chi connectivity index (χ0) is 14.7. The number of imide groups is 1. The van der Waals surface area contributed by atoms with Crippen LogP contribution in [0.1, 0.15) is 10.4 Å². The topological polar surface area (TPSA) is 93.1 Å². The summed E-state index contributed by atoms with van der Waals surface area (Å²) >= 11 is 3.19. The first-order valence-corrected chi connectivity index (χ1v) is 6.41. The van der Waals surface area contributed by atoms with Crippen LogP contribution < -0.4 is 4.74 Å². The lowest BCUT2D eigenvalue weighted by Gasteiger charge is -2.12. The molecular formula is C12H10BrNO6. The Balaban J connectivity index is 2.03. The molecule has 106 valence electrons. The van der Waals surface area contributed by atoms with Crippen LogP contribution in [-0.4, -0.2) is 47.7 Å². The number of ether oxygens (including phenoxy) is 2. The molecule has 1 aromatic carbocycles. The molecule has 0 bridgehead atoms. The normalized spacial score (nSPS) is 14.1. The summed E-state index contributed by atoms with van der Waals surface area (Å²) in [6, 6.07) is 4.20. The van der Waals surface area contributed by atoms with Gasteiger partial charge in [-0.3, -0.25) is 4.79 Å². The lowest BCUT2D eigenvalue weighted by atomic mass is 10.2. The van der Waals surface area contributed by atoms with Crippen LogP contribution >= 0.6 is 15.9 Å². The molecule has 1 aromatic rings. The quantitative estimate of drug-likeness (QED) is 0.890. The highest BCUT2D eigenvalue weighted by Crippen LogP contribution is 2.26. The maximum Gasteiger partial charge on any atom is 0.416 e. The highest BCUT2D eigenvalue weighted by molar-refractivity contribution is 9.10. The monoisotopic (exact) mass is 343 g/mol. The largest absolute Gasteiger partial charge is 0.483 e. The number of hydrogen-bond donors (Lipinski definition) is 1. The Kier molecular flexibility index (Phi) is 4.23. The van der Waals surface area contributed by atoms with E-state index in [0.29, 0.717) is 4.47 Å². The summed E-state index contributed by atoms with van der Waals surface area (Å²) in [7, 11) is 0. The standard InChI is InChI=1S/C12H10BrNO6/c13-8-2-1-7(11(16)17)5-9(8)20-6-10(15)14-3-4-19-12(14)18/h1-2,5H,3-4,6H2,(H,16,17). The van der Waals surface area contributed by atoms with E-state index < -0.39 is 18.0 Å². The highest BCUT2D eigenvalue weighted by Gasteiger charge is 2.28. The molecule has 1 fully saturated rings. The summed E-state index contributed by atoms with van der Waals surface area (Å²) < 4.78 is 10.4. The highest BCUT2D eigenvalue weighted by atomic mass is 79.9. The van der Waals surface area contributed by atoms with Crippen molar-refractivity contribution < 1.29 is 29.0 Å². The molecule has 1 heterocycles. The average Bonchev–Trinajstić information content (AvgIpc) is 2.83. The van der Waals surface area contributed by atoms with E-state index in [-0.39, 0.29) is 31.1 Å². The van der Waals surface area contributed by atoms with Crippen molar-refractivity contribution >= 4 is 33.9 Å². The van der Waals surface area contributed by atoms with Crippen molar-refractivity contribution in [2.24, 2.45) is 0 Å². The molecule has 1 aliphatic rings. The first-order chi connectivity index (χ1) is 9.49. The van der Waals surface area contributed by atoms with Crippen molar-refractivity contribution in [3.63, 3.8) is 0 Å². The van der Waals surface area contributed by atoms with E-state index in [4.69, 9.17) is 9.84 Å². The molecule has 0 atom stereocenters. The van der Waals surface area contributed by atoms with Crippen LogP contribution in [0.25, 0.3) is 0 Å². The number of benzene rings is 1. The second kappa shape index (κ2) is 5.91. The minimum atomic E-state index is -1.10. The van der Waals surface area contributed by atoms with Crippen molar-refractivity contribution in [1.82, 2.24) is 4.90 Å². The lowest BCUT2D eigenvalue weighted by molar-refractivity contribution is -0.129. The molecule has 0 aliphatic carbocycles. The summed E-state index contributed by atoms with van der Waals surface area (Å²) in [5.41, 5.74) is 0.0382. The van der Waals surface area contributed by atoms with Crippen LogP contribution in [0.5, 0.6) is 5.75 Å². The number of carboxylic acid groups (broad SMARTS) is 1. The third-order valence-corrected chi connectivity index (χ3v) is 3.25. The first kappa shape index (κ1) is 14.3. The van der Waals surface area contributed by atoms with Gasteiger partial charge in [0, 0.05) is 0 Å². The predicted octanol–water partition coefficient (Wildman–Crippen LogP) is 1.50. The molecule has 1 N–H and O–H groups in total. The van der Waals surface area contributed by atoms with Gasteiger partial charge in [-0.25, -0.2) is 14.5 Å². The number of nitrogens with zero attached hydrogens (tertiary/aromatic N) is 1. The number of amides is 2. The maximum atomic E-state index is 11.7. The van der Waals surface area contributed by atoms with E-state index in [1.54, 1.807) is 0 Å². The summed E-state index contributed by atoms with van der Waals surface area (Å²) in [5.74, 6) is -1.43. The molecule has 2 amide bonds. The molecular weight excluding hydrogens is 334 g/mol. The molecule has 8 heteroatoms. The van der Waals surface area contributed by atoms with E-state index in [2.05, 4.69) is 20.7 Å². The number of carbonyl (C=O) groups excluding carboxylic acids is 2. The summed E-state index contributed by atoms with van der Waals surface area (Å²) in [4.78, 5) is 34.7. The third-order valence-electron chi connectivity index (χ3n) is 2.59. The number of halogens is 1. The third kappa shape index (κ3) is 3.08. The fourth-order valence-corrected chi connectivity index (χ4v) is 1.95. The van der Waals surface area contributed by atoms with Crippen molar-refractivity contribution in [3.8, 4) is 5.75 Å². The average molecular weight is 344 g/mol.